The summed E-state index contributed by atoms with van der Waals surface area (Å²) in [6, 6.07) is 0. The Morgan fingerprint density at radius 1 is 1.00 bits per heavy atom. The summed E-state index contributed by atoms with van der Waals surface area (Å²) >= 11 is 0. The highest BCUT2D eigenvalue weighted by atomic mass is 32.3. The summed E-state index contributed by atoms with van der Waals surface area (Å²) in [7, 11) is -4.58. The van der Waals surface area contributed by atoms with Crippen LogP contribution in [0.3, 0.4) is 0 Å². The zero-order valence-electron chi connectivity index (χ0n) is 13.8. The molecule has 0 aromatic rings. The fourth-order valence-corrected chi connectivity index (χ4v) is 2.65. The molecule has 0 aliphatic carbocycles. The van der Waals surface area contributed by atoms with E-state index < -0.39 is 22.4 Å². The molecule has 0 aromatic heterocycles. The highest BCUT2D eigenvalue weighted by Gasteiger charge is 2.19. The standard InChI is InChI=1S/C15H31NO5S/c1-3-4-5-6-7-8-9-10-11-12-13-16-15(17)14(2)21-22(18,19)20/h14H,3-13H2,1-2H3,(H,16,17)(H,18,19,20). The van der Waals surface area contributed by atoms with Gasteiger partial charge in [0, 0.05) is 6.54 Å². The minimum atomic E-state index is -4.58. The van der Waals surface area contributed by atoms with Crippen molar-refractivity contribution in [3.8, 4) is 0 Å². The van der Waals surface area contributed by atoms with Crippen LogP contribution in [0.4, 0.5) is 0 Å². The van der Waals surface area contributed by atoms with Crippen LogP contribution in [0.1, 0.15) is 78.1 Å². The molecule has 0 saturated carbocycles. The van der Waals surface area contributed by atoms with Crippen LogP contribution in [0.2, 0.25) is 0 Å². The molecule has 0 heterocycles. The molecule has 132 valence electrons. The first-order chi connectivity index (χ1) is 10.4. The lowest BCUT2D eigenvalue weighted by Gasteiger charge is -2.10. The van der Waals surface area contributed by atoms with E-state index >= 15 is 0 Å². The number of unbranched alkanes of at least 4 members (excludes halogenated alkanes) is 9. The number of carbonyl (C=O) groups excluding carboxylic acids is 1. The SMILES string of the molecule is CCCCCCCCCCCCNC(=O)C(C)OS(=O)(=O)O. The summed E-state index contributed by atoms with van der Waals surface area (Å²) in [5.41, 5.74) is 0. The Hall–Kier alpha value is -0.660. The third-order valence-corrected chi connectivity index (χ3v) is 4.00. The monoisotopic (exact) mass is 337 g/mol. The normalized spacial score (nSPS) is 13.0. The molecule has 1 amide bonds. The van der Waals surface area contributed by atoms with Crippen molar-refractivity contribution in [3.05, 3.63) is 0 Å². The molecule has 0 saturated heterocycles. The average Bonchev–Trinajstić information content (AvgIpc) is 2.42. The van der Waals surface area contributed by atoms with Gasteiger partial charge in [0.1, 0.15) is 0 Å². The van der Waals surface area contributed by atoms with Crippen LogP contribution >= 0.6 is 0 Å². The molecule has 6 nitrogen and oxygen atoms in total. The van der Waals surface area contributed by atoms with Crippen LogP contribution < -0.4 is 5.32 Å². The van der Waals surface area contributed by atoms with E-state index in [1.165, 1.54) is 51.9 Å². The van der Waals surface area contributed by atoms with Gasteiger partial charge in [-0.3, -0.25) is 9.35 Å². The molecular formula is C15H31NO5S. The number of nitrogens with one attached hydrogen (secondary N) is 1. The minimum absolute atomic E-state index is 0.495. The van der Waals surface area contributed by atoms with Crippen molar-refractivity contribution in [1.82, 2.24) is 5.32 Å². The van der Waals surface area contributed by atoms with Crippen molar-refractivity contribution >= 4 is 16.3 Å². The average molecular weight is 337 g/mol. The molecule has 0 aromatic carbocycles. The maximum Gasteiger partial charge on any atom is 0.398 e. The predicted octanol–water partition coefficient (Wildman–Crippen LogP) is 3.23. The fraction of sp³-hybridized carbons (Fsp3) is 0.933. The quantitative estimate of drug-likeness (QED) is 0.375. The fourth-order valence-electron chi connectivity index (χ4n) is 2.19. The summed E-state index contributed by atoms with van der Waals surface area (Å²) in [6.45, 7) is 3.99. The van der Waals surface area contributed by atoms with Crippen molar-refractivity contribution in [3.63, 3.8) is 0 Å². The molecule has 0 spiro atoms. The second kappa shape index (κ2) is 12.8. The van der Waals surface area contributed by atoms with Crippen molar-refractivity contribution in [2.45, 2.75) is 84.2 Å². The Balaban J connectivity index is 3.40. The zero-order chi connectivity index (χ0) is 16.8. The highest BCUT2D eigenvalue weighted by Crippen LogP contribution is 2.10. The zero-order valence-corrected chi connectivity index (χ0v) is 14.7. The van der Waals surface area contributed by atoms with Gasteiger partial charge in [0.2, 0.25) is 5.91 Å². The van der Waals surface area contributed by atoms with E-state index in [1.807, 2.05) is 0 Å². The van der Waals surface area contributed by atoms with Crippen LogP contribution in [0.25, 0.3) is 0 Å². The van der Waals surface area contributed by atoms with Crippen LogP contribution in [0.15, 0.2) is 0 Å². The molecular weight excluding hydrogens is 306 g/mol. The van der Waals surface area contributed by atoms with Crippen LogP contribution in [-0.4, -0.2) is 31.5 Å². The number of rotatable bonds is 14. The van der Waals surface area contributed by atoms with Crippen molar-refractivity contribution < 1.29 is 21.9 Å². The van der Waals surface area contributed by atoms with Gasteiger partial charge in [0.15, 0.2) is 6.10 Å². The van der Waals surface area contributed by atoms with Gasteiger partial charge in [0.25, 0.3) is 0 Å². The van der Waals surface area contributed by atoms with Crippen LogP contribution in [0, 0.1) is 0 Å². The lowest BCUT2D eigenvalue weighted by molar-refractivity contribution is -0.127. The predicted molar refractivity (Wildman–Crippen MR) is 86.9 cm³/mol. The molecule has 0 aliphatic heterocycles. The van der Waals surface area contributed by atoms with E-state index in [2.05, 4.69) is 16.4 Å². The molecule has 0 bridgehead atoms. The van der Waals surface area contributed by atoms with Gasteiger partial charge in [-0.05, 0) is 13.3 Å². The van der Waals surface area contributed by atoms with E-state index in [-0.39, 0.29) is 0 Å². The topological polar surface area (TPSA) is 92.7 Å². The van der Waals surface area contributed by atoms with Gasteiger partial charge in [-0.2, -0.15) is 8.42 Å². The number of hydrogen-bond acceptors (Lipinski definition) is 4. The Morgan fingerprint density at radius 2 is 1.45 bits per heavy atom. The first kappa shape index (κ1) is 21.3. The molecule has 0 radical (unpaired) electrons. The number of hydrogen-bond donors (Lipinski definition) is 2. The van der Waals surface area contributed by atoms with E-state index in [4.69, 9.17) is 4.55 Å². The van der Waals surface area contributed by atoms with Crippen molar-refractivity contribution in [1.29, 1.82) is 0 Å². The first-order valence-corrected chi connectivity index (χ1v) is 9.66. The molecule has 1 unspecified atom stereocenters. The summed E-state index contributed by atoms with van der Waals surface area (Å²) < 4.78 is 33.6. The Morgan fingerprint density at radius 3 is 1.91 bits per heavy atom. The van der Waals surface area contributed by atoms with Crippen LogP contribution in [0.5, 0.6) is 0 Å². The van der Waals surface area contributed by atoms with Gasteiger partial charge in [-0.1, -0.05) is 64.7 Å². The highest BCUT2D eigenvalue weighted by molar-refractivity contribution is 7.80. The van der Waals surface area contributed by atoms with E-state index in [0.29, 0.717) is 6.54 Å². The smallest absolute Gasteiger partial charge is 0.354 e. The van der Waals surface area contributed by atoms with Gasteiger partial charge >= 0.3 is 10.4 Å². The Bertz CT molecular complexity index is 383. The molecule has 7 heteroatoms. The molecule has 22 heavy (non-hydrogen) atoms. The third kappa shape index (κ3) is 14.3. The lowest BCUT2D eigenvalue weighted by Crippen LogP contribution is -2.36. The second-order valence-electron chi connectivity index (χ2n) is 5.64. The molecule has 1 atom stereocenters. The van der Waals surface area contributed by atoms with Gasteiger partial charge < -0.3 is 5.32 Å². The van der Waals surface area contributed by atoms with E-state index in [1.54, 1.807) is 0 Å². The lowest BCUT2D eigenvalue weighted by atomic mass is 10.1. The van der Waals surface area contributed by atoms with Crippen LogP contribution in [-0.2, 0) is 19.4 Å². The van der Waals surface area contributed by atoms with Crippen molar-refractivity contribution in [2.24, 2.45) is 0 Å². The number of carbonyl (C=O) groups is 1. The first-order valence-electron chi connectivity index (χ1n) is 8.30. The van der Waals surface area contributed by atoms with E-state index in [9.17, 15) is 13.2 Å². The van der Waals surface area contributed by atoms with E-state index in [0.717, 1.165) is 19.3 Å². The Labute approximate surface area is 135 Å². The summed E-state index contributed by atoms with van der Waals surface area (Å²) in [6.07, 6.45) is 10.9. The third-order valence-electron chi connectivity index (χ3n) is 3.46. The molecule has 0 fully saturated rings. The van der Waals surface area contributed by atoms with Gasteiger partial charge in [-0.15, -0.1) is 0 Å². The van der Waals surface area contributed by atoms with Gasteiger partial charge in [-0.25, -0.2) is 4.18 Å². The minimum Gasteiger partial charge on any atom is -0.354 e. The Kier molecular flexibility index (Phi) is 12.5. The largest absolute Gasteiger partial charge is 0.398 e. The summed E-state index contributed by atoms with van der Waals surface area (Å²) in [5.74, 6) is -0.534. The maximum absolute atomic E-state index is 11.5. The molecule has 2 N–H and O–H groups in total. The molecule has 0 aliphatic rings. The van der Waals surface area contributed by atoms with Gasteiger partial charge in [0.05, 0.1) is 0 Å². The second-order valence-corrected chi connectivity index (χ2v) is 6.69. The molecule has 0 rings (SSSR count). The maximum atomic E-state index is 11.5. The summed E-state index contributed by atoms with van der Waals surface area (Å²) in [5, 5.41) is 2.59. The number of amides is 1. The summed E-state index contributed by atoms with van der Waals surface area (Å²) in [4.78, 5) is 11.5. The van der Waals surface area contributed by atoms with Crippen molar-refractivity contribution in [2.75, 3.05) is 6.54 Å².